The predicted octanol–water partition coefficient (Wildman–Crippen LogP) is 5.17. The molecule has 0 spiro atoms. The van der Waals surface area contributed by atoms with Crippen molar-refractivity contribution in [1.82, 2.24) is 9.97 Å². The van der Waals surface area contributed by atoms with Crippen LogP contribution in [0, 0.1) is 0 Å². The SMILES string of the molecule is COc1ccc2sc(N(Cc3cccnc3)C(=O)CSCc3ccccc3)nc2c1. The highest BCUT2D eigenvalue weighted by molar-refractivity contribution is 7.99. The van der Waals surface area contributed by atoms with Gasteiger partial charge in [-0.2, -0.15) is 0 Å². The molecule has 2 aromatic carbocycles. The Hall–Kier alpha value is -2.90. The minimum absolute atomic E-state index is 0.0332. The minimum Gasteiger partial charge on any atom is -0.497 e. The third-order valence-corrected chi connectivity index (χ3v) is 6.56. The largest absolute Gasteiger partial charge is 0.497 e. The monoisotopic (exact) mass is 435 g/mol. The van der Waals surface area contributed by atoms with Crippen molar-refractivity contribution in [2.24, 2.45) is 0 Å². The van der Waals surface area contributed by atoms with E-state index in [0.717, 1.165) is 27.3 Å². The molecule has 0 saturated carbocycles. The van der Waals surface area contributed by atoms with E-state index in [2.05, 4.69) is 17.1 Å². The molecule has 4 rings (SSSR count). The fourth-order valence-corrected chi connectivity index (χ4v) is 4.81. The Morgan fingerprint density at radius 3 is 2.70 bits per heavy atom. The van der Waals surface area contributed by atoms with Crippen molar-refractivity contribution in [3.8, 4) is 5.75 Å². The maximum Gasteiger partial charge on any atom is 0.239 e. The molecule has 0 bridgehead atoms. The lowest BCUT2D eigenvalue weighted by Crippen LogP contribution is -2.31. The van der Waals surface area contributed by atoms with Crippen LogP contribution in [0.3, 0.4) is 0 Å². The number of fused-ring (bicyclic) bond motifs is 1. The van der Waals surface area contributed by atoms with Gasteiger partial charge in [-0.25, -0.2) is 4.98 Å². The first kappa shape index (κ1) is 20.4. The molecule has 30 heavy (non-hydrogen) atoms. The van der Waals surface area contributed by atoms with Gasteiger partial charge in [0.15, 0.2) is 5.13 Å². The molecule has 0 N–H and O–H groups in total. The average Bonchev–Trinajstić information content (AvgIpc) is 3.21. The third-order valence-electron chi connectivity index (χ3n) is 4.52. The van der Waals surface area contributed by atoms with Gasteiger partial charge in [0, 0.05) is 24.2 Å². The number of hydrogen-bond donors (Lipinski definition) is 0. The summed E-state index contributed by atoms with van der Waals surface area (Å²) in [7, 11) is 1.64. The van der Waals surface area contributed by atoms with Crippen molar-refractivity contribution in [2.75, 3.05) is 17.8 Å². The minimum atomic E-state index is 0.0332. The van der Waals surface area contributed by atoms with E-state index in [-0.39, 0.29) is 5.91 Å². The van der Waals surface area contributed by atoms with Gasteiger partial charge in [0.25, 0.3) is 0 Å². The van der Waals surface area contributed by atoms with Crippen molar-refractivity contribution < 1.29 is 9.53 Å². The number of anilines is 1. The van der Waals surface area contributed by atoms with Gasteiger partial charge in [0.05, 0.1) is 29.6 Å². The molecule has 0 fully saturated rings. The summed E-state index contributed by atoms with van der Waals surface area (Å²) >= 11 is 3.12. The van der Waals surface area contributed by atoms with Gasteiger partial charge < -0.3 is 4.74 Å². The van der Waals surface area contributed by atoms with Crippen molar-refractivity contribution >= 4 is 44.4 Å². The summed E-state index contributed by atoms with van der Waals surface area (Å²) < 4.78 is 6.32. The summed E-state index contributed by atoms with van der Waals surface area (Å²) in [6.07, 6.45) is 3.52. The molecular formula is C23H21N3O2S2. The first-order valence-electron chi connectivity index (χ1n) is 9.48. The van der Waals surface area contributed by atoms with E-state index in [9.17, 15) is 4.79 Å². The number of carbonyl (C=O) groups excluding carboxylic acids is 1. The number of ether oxygens (including phenoxy) is 1. The first-order chi connectivity index (χ1) is 14.7. The van der Waals surface area contributed by atoms with E-state index in [4.69, 9.17) is 9.72 Å². The quantitative estimate of drug-likeness (QED) is 0.382. The van der Waals surface area contributed by atoms with Crippen molar-refractivity contribution in [2.45, 2.75) is 12.3 Å². The van der Waals surface area contributed by atoms with Crippen molar-refractivity contribution in [3.63, 3.8) is 0 Å². The van der Waals surface area contributed by atoms with Gasteiger partial charge in [0.2, 0.25) is 5.91 Å². The molecule has 4 aromatic rings. The Morgan fingerprint density at radius 2 is 1.93 bits per heavy atom. The standard InChI is InChI=1S/C23H21N3O2S2/c1-28-19-9-10-21-20(12-19)25-23(30-21)26(14-18-8-5-11-24-13-18)22(27)16-29-15-17-6-3-2-4-7-17/h2-13H,14-16H2,1H3. The number of rotatable bonds is 8. The molecule has 2 heterocycles. The molecule has 0 saturated heterocycles. The number of carbonyl (C=O) groups is 1. The van der Waals surface area contributed by atoms with Gasteiger partial charge in [-0.1, -0.05) is 47.7 Å². The molecule has 0 aliphatic heterocycles. The topological polar surface area (TPSA) is 55.3 Å². The van der Waals surface area contributed by atoms with Crippen LogP contribution in [0.25, 0.3) is 10.2 Å². The zero-order valence-corrected chi connectivity index (χ0v) is 18.2. The van der Waals surface area contributed by atoms with Crippen LogP contribution < -0.4 is 9.64 Å². The lowest BCUT2D eigenvalue weighted by Gasteiger charge is -2.19. The Balaban J connectivity index is 1.55. The van der Waals surface area contributed by atoms with E-state index < -0.39 is 0 Å². The van der Waals surface area contributed by atoms with E-state index >= 15 is 0 Å². The van der Waals surface area contributed by atoms with Gasteiger partial charge in [0.1, 0.15) is 5.75 Å². The number of aromatic nitrogens is 2. The summed E-state index contributed by atoms with van der Waals surface area (Å²) in [6, 6.07) is 19.8. The number of amides is 1. The number of pyridine rings is 1. The van der Waals surface area contributed by atoms with E-state index in [1.807, 2.05) is 48.5 Å². The van der Waals surface area contributed by atoms with Crippen LogP contribution in [0.5, 0.6) is 5.75 Å². The number of benzene rings is 2. The third kappa shape index (κ3) is 4.98. The Labute approximate surface area is 183 Å². The van der Waals surface area contributed by atoms with E-state index in [0.29, 0.717) is 17.4 Å². The highest BCUT2D eigenvalue weighted by Crippen LogP contribution is 2.32. The lowest BCUT2D eigenvalue weighted by molar-refractivity contribution is -0.116. The number of thioether (sulfide) groups is 1. The smallest absolute Gasteiger partial charge is 0.239 e. The molecule has 0 atom stereocenters. The van der Waals surface area contributed by atoms with Crippen LogP contribution in [0.2, 0.25) is 0 Å². The lowest BCUT2D eigenvalue weighted by atomic mass is 10.2. The summed E-state index contributed by atoms with van der Waals surface area (Å²) in [5.41, 5.74) is 3.01. The summed E-state index contributed by atoms with van der Waals surface area (Å²) in [6.45, 7) is 0.440. The van der Waals surface area contributed by atoms with E-state index in [1.54, 1.807) is 36.2 Å². The zero-order valence-electron chi connectivity index (χ0n) is 16.5. The molecule has 1 amide bonds. The molecule has 0 aliphatic carbocycles. The van der Waals surface area contributed by atoms with Gasteiger partial charge >= 0.3 is 0 Å². The van der Waals surface area contributed by atoms with E-state index in [1.165, 1.54) is 16.9 Å². The summed E-state index contributed by atoms with van der Waals surface area (Å²) in [5, 5.41) is 0.687. The maximum atomic E-state index is 13.2. The number of hydrogen-bond acceptors (Lipinski definition) is 6. The highest BCUT2D eigenvalue weighted by Gasteiger charge is 2.20. The van der Waals surface area contributed by atoms with Crippen LogP contribution >= 0.6 is 23.1 Å². The number of methoxy groups -OCH3 is 1. The molecule has 2 aromatic heterocycles. The molecule has 0 unspecified atom stereocenters. The maximum absolute atomic E-state index is 13.2. The van der Waals surface area contributed by atoms with Crippen molar-refractivity contribution in [1.29, 1.82) is 0 Å². The number of thiazole rings is 1. The van der Waals surface area contributed by atoms with Crippen LogP contribution in [0.1, 0.15) is 11.1 Å². The van der Waals surface area contributed by atoms with Crippen LogP contribution in [-0.4, -0.2) is 28.7 Å². The Bertz CT molecular complexity index is 1120. The number of nitrogens with zero attached hydrogens (tertiary/aromatic N) is 3. The van der Waals surface area contributed by atoms with Gasteiger partial charge in [-0.15, -0.1) is 11.8 Å². The Kier molecular flexibility index (Phi) is 6.61. The molecular weight excluding hydrogens is 414 g/mol. The Morgan fingerprint density at radius 1 is 1.10 bits per heavy atom. The molecule has 0 aliphatic rings. The zero-order chi connectivity index (χ0) is 20.8. The fraction of sp³-hybridized carbons (Fsp3) is 0.174. The summed E-state index contributed by atoms with van der Waals surface area (Å²) in [4.78, 5) is 23.8. The first-order valence-corrected chi connectivity index (χ1v) is 11.5. The highest BCUT2D eigenvalue weighted by atomic mass is 32.2. The van der Waals surface area contributed by atoms with Gasteiger partial charge in [-0.05, 0) is 29.3 Å². The van der Waals surface area contributed by atoms with Gasteiger partial charge in [-0.3, -0.25) is 14.7 Å². The summed E-state index contributed by atoms with van der Waals surface area (Å²) in [5.74, 6) is 1.97. The van der Waals surface area contributed by atoms with Crippen molar-refractivity contribution in [3.05, 3.63) is 84.2 Å². The predicted molar refractivity (Wildman–Crippen MR) is 124 cm³/mol. The second-order valence-corrected chi connectivity index (χ2v) is 8.64. The molecule has 7 heteroatoms. The molecule has 152 valence electrons. The van der Waals surface area contributed by atoms with Crippen LogP contribution in [0.15, 0.2) is 73.1 Å². The van der Waals surface area contributed by atoms with Crippen LogP contribution in [-0.2, 0) is 17.1 Å². The molecule has 0 radical (unpaired) electrons. The fourth-order valence-electron chi connectivity index (χ4n) is 2.98. The second-order valence-electron chi connectivity index (χ2n) is 6.65. The van der Waals surface area contributed by atoms with Crippen LogP contribution in [0.4, 0.5) is 5.13 Å². The molecule has 5 nitrogen and oxygen atoms in total. The second kappa shape index (κ2) is 9.73. The normalized spacial score (nSPS) is 10.8. The average molecular weight is 436 g/mol.